The summed E-state index contributed by atoms with van der Waals surface area (Å²) in [6, 6.07) is 9.25. The molecular weight excluding hydrogens is 404 g/mol. The molecule has 0 spiro atoms. The number of aromatic hydroxyl groups is 2. The van der Waals surface area contributed by atoms with Crippen molar-refractivity contribution in [3.63, 3.8) is 0 Å². The van der Waals surface area contributed by atoms with E-state index in [9.17, 15) is 30.4 Å². The molecule has 1 atom stereocenters. The number of rotatable bonds is 9. The molecular formula is C21H22N4O6. The van der Waals surface area contributed by atoms with Crippen molar-refractivity contribution in [3.05, 3.63) is 63.5 Å². The van der Waals surface area contributed by atoms with E-state index in [0.29, 0.717) is 6.54 Å². The van der Waals surface area contributed by atoms with Crippen LogP contribution in [-0.4, -0.2) is 50.6 Å². The van der Waals surface area contributed by atoms with Crippen LogP contribution in [-0.2, 0) is 9.53 Å². The van der Waals surface area contributed by atoms with E-state index in [1.54, 1.807) is 25.3 Å². The highest BCUT2D eigenvalue weighted by atomic mass is 16.6. The van der Waals surface area contributed by atoms with E-state index in [1.165, 1.54) is 4.90 Å². The van der Waals surface area contributed by atoms with Gasteiger partial charge in [-0.1, -0.05) is 6.07 Å². The van der Waals surface area contributed by atoms with Gasteiger partial charge in [0.1, 0.15) is 11.6 Å². The molecule has 0 bridgehead atoms. The Hall–Kier alpha value is -3.97. The highest BCUT2D eigenvalue weighted by molar-refractivity contribution is 6.01. The van der Waals surface area contributed by atoms with Gasteiger partial charge in [-0.2, -0.15) is 5.26 Å². The fourth-order valence-electron chi connectivity index (χ4n) is 2.77. The molecule has 1 amide bonds. The number of carbonyl (C=O) groups excluding carboxylic acids is 1. The van der Waals surface area contributed by atoms with Crippen molar-refractivity contribution in [3.8, 4) is 17.6 Å². The first kappa shape index (κ1) is 23.3. The Morgan fingerprint density at radius 1 is 1.42 bits per heavy atom. The van der Waals surface area contributed by atoms with E-state index >= 15 is 0 Å². The van der Waals surface area contributed by atoms with Gasteiger partial charge in [0.15, 0.2) is 5.75 Å². The quantitative estimate of drug-likeness (QED) is 0.204. The van der Waals surface area contributed by atoms with E-state index in [2.05, 4.69) is 4.98 Å². The lowest BCUT2D eigenvalue weighted by molar-refractivity contribution is -0.386. The van der Waals surface area contributed by atoms with Gasteiger partial charge in [0.2, 0.25) is 5.75 Å². The third kappa shape index (κ3) is 6.01. The maximum atomic E-state index is 12.7. The number of aromatic nitrogens is 1. The number of ether oxygens (including phenoxy) is 1. The van der Waals surface area contributed by atoms with Crippen LogP contribution in [0, 0.1) is 21.4 Å². The molecule has 2 N–H and O–H groups in total. The molecule has 162 valence electrons. The van der Waals surface area contributed by atoms with Crippen molar-refractivity contribution in [2.45, 2.75) is 20.0 Å². The second-order valence-corrected chi connectivity index (χ2v) is 6.49. The van der Waals surface area contributed by atoms with Crippen molar-refractivity contribution >= 4 is 17.7 Å². The van der Waals surface area contributed by atoms with Crippen molar-refractivity contribution < 1.29 is 24.7 Å². The minimum Gasteiger partial charge on any atom is -0.504 e. The molecule has 0 radical (unpaired) electrons. The molecule has 10 nitrogen and oxygen atoms in total. The van der Waals surface area contributed by atoms with E-state index < -0.39 is 28.0 Å². The number of hydrogen-bond acceptors (Lipinski definition) is 8. The van der Waals surface area contributed by atoms with Crippen LogP contribution in [0.3, 0.4) is 0 Å². The highest BCUT2D eigenvalue weighted by Crippen LogP contribution is 2.36. The second kappa shape index (κ2) is 10.7. The number of phenolic OH excluding ortho intramolecular Hbond substituents is 2. The fourth-order valence-corrected chi connectivity index (χ4v) is 2.77. The lowest BCUT2D eigenvalue weighted by atomic mass is 10.1. The van der Waals surface area contributed by atoms with Gasteiger partial charge < -0.3 is 19.8 Å². The van der Waals surface area contributed by atoms with E-state index in [4.69, 9.17) is 4.74 Å². The van der Waals surface area contributed by atoms with Gasteiger partial charge in [-0.25, -0.2) is 0 Å². The van der Waals surface area contributed by atoms with Crippen molar-refractivity contribution in [2.75, 3.05) is 19.7 Å². The highest BCUT2D eigenvalue weighted by Gasteiger charge is 2.21. The Labute approximate surface area is 178 Å². The van der Waals surface area contributed by atoms with Gasteiger partial charge >= 0.3 is 5.69 Å². The molecule has 0 saturated heterocycles. The predicted octanol–water partition coefficient (Wildman–Crippen LogP) is 2.93. The Bertz CT molecular complexity index is 1020. The van der Waals surface area contributed by atoms with Crippen LogP contribution in [0.4, 0.5) is 5.69 Å². The van der Waals surface area contributed by atoms with Crippen LogP contribution in [0.5, 0.6) is 11.5 Å². The third-order valence-corrected chi connectivity index (χ3v) is 4.45. The molecule has 10 heteroatoms. The molecule has 0 unspecified atom stereocenters. The summed E-state index contributed by atoms with van der Waals surface area (Å²) < 4.78 is 5.72. The Morgan fingerprint density at radius 3 is 2.74 bits per heavy atom. The number of pyridine rings is 1. The van der Waals surface area contributed by atoms with Gasteiger partial charge in [0.25, 0.3) is 5.91 Å². The largest absolute Gasteiger partial charge is 0.504 e. The summed E-state index contributed by atoms with van der Waals surface area (Å²) in [4.78, 5) is 28.5. The molecule has 0 saturated carbocycles. The normalized spacial score (nSPS) is 12.1. The molecule has 1 aromatic carbocycles. The maximum absolute atomic E-state index is 12.7. The number of nitriles is 1. The molecule has 2 aromatic rings. The van der Waals surface area contributed by atoms with Crippen molar-refractivity contribution in [1.82, 2.24) is 9.88 Å². The first-order chi connectivity index (χ1) is 14.8. The monoisotopic (exact) mass is 426 g/mol. The minimum atomic E-state index is -0.888. The molecule has 0 fully saturated rings. The number of phenols is 2. The number of nitro benzene ring substituents is 1. The Balaban J connectivity index is 2.12. The molecule has 0 aliphatic rings. The average Bonchev–Trinajstić information content (AvgIpc) is 2.77. The topological polar surface area (TPSA) is 150 Å². The van der Waals surface area contributed by atoms with Crippen LogP contribution < -0.4 is 0 Å². The van der Waals surface area contributed by atoms with Crippen LogP contribution in [0.2, 0.25) is 0 Å². The van der Waals surface area contributed by atoms with Gasteiger partial charge in [0.05, 0.1) is 23.3 Å². The third-order valence-electron chi connectivity index (χ3n) is 4.45. The summed E-state index contributed by atoms with van der Waals surface area (Å²) >= 11 is 0. The van der Waals surface area contributed by atoms with E-state index in [-0.39, 0.29) is 30.4 Å². The number of hydrogen-bond donors (Lipinski definition) is 2. The summed E-state index contributed by atoms with van der Waals surface area (Å²) in [5, 5.41) is 39.7. The zero-order valence-corrected chi connectivity index (χ0v) is 17.1. The van der Waals surface area contributed by atoms with E-state index in [1.807, 2.05) is 19.1 Å². The fraction of sp³-hybridized carbons (Fsp3) is 0.286. The number of amides is 1. The molecule has 0 aliphatic heterocycles. The summed E-state index contributed by atoms with van der Waals surface area (Å²) in [6.07, 6.45) is 2.50. The average molecular weight is 426 g/mol. The smallest absolute Gasteiger partial charge is 0.315 e. The summed E-state index contributed by atoms with van der Waals surface area (Å²) in [7, 11) is 0. The first-order valence-corrected chi connectivity index (χ1v) is 9.42. The van der Waals surface area contributed by atoms with Gasteiger partial charge in [-0.3, -0.25) is 19.9 Å². The molecule has 1 heterocycles. The standard InChI is InChI=1S/C21H22N4O6/c1-3-24(8-9-31-14(2)17-6-4-5-7-23-17)21(28)16(13-22)10-15-11-18(25(29)30)20(27)19(26)12-15/h4-7,10-12,14,26-27H,3,8-9H2,1-2H3/b16-10+/t14-/m1/s1. The number of carbonyl (C=O) groups is 1. The van der Waals surface area contributed by atoms with Crippen molar-refractivity contribution in [1.29, 1.82) is 5.26 Å². The van der Waals surface area contributed by atoms with Crippen LogP contribution in [0.15, 0.2) is 42.1 Å². The molecule has 2 rings (SSSR count). The predicted molar refractivity (Wildman–Crippen MR) is 111 cm³/mol. The van der Waals surface area contributed by atoms with E-state index in [0.717, 1.165) is 23.9 Å². The number of likely N-dealkylation sites (N-methyl/N-ethyl adjacent to an activating group) is 1. The number of benzene rings is 1. The first-order valence-electron chi connectivity index (χ1n) is 9.42. The van der Waals surface area contributed by atoms with Gasteiger partial charge in [-0.15, -0.1) is 0 Å². The minimum absolute atomic E-state index is 0.0305. The molecule has 31 heavy (non-hydrogen) atoms. The zero-order chi connectivity index (χ0) is 23.0. The van der Waals surface area contributed by atoms with Crippen molar-refractivity contribution in [2.24, 2.45) is 0 Å². The van der Waals surface area contributed by atoms with Crippen LogP contribution in [0.25, 0.3) is 6.08 Å². The number of nitrogens with zero attached hydrogens (tertiary/aromatic N) is 4. The summed E-state index contributed by atoms with van der Waals surface area (Å²) in [5.74, 6) is -2.20. The lowest BCUT2D eigenvalue weighted by Gasteiger charge is -2.21. The lowest BCUT2D eigenvalue weighted by Crippen LogP contribution is -2.34. The van der Waals surface area contributed by atoms with Gasteiger partial charge in [0, 0.05) is 25.4 Å². The molecule has 0 aliphatic carbocycles. The molecule has 1 aromatic heterocycles. The van der Waals surface area contributed by atoms with Crippen LogP contribution in [0.1, 0.15) is 31.2 Å². The summed E-state index contributed by atoms with van der Waals surface area (Å²) in [6.45, 7) is 4.31. The Kier molecular flexibility index (Phi) is 8.05. The maximum Gasteiger partial charge on any atom is 0.315 e. The van der Waals surface area contributed by atoms with Crippen LogP contribution >= 0.6 is 0 Å². The SMILES string of the molecule is CCN(CCO[C@H](C)c1ccccn1)C(=O)/C(C#N)=C/c1cc(O)c(O)c([N+](=O)[O-])c1. The zero-order valence-electron chi connectivity index (χ0n) is 17.1. The van der Waals surface area contributed by atoms with Gasteiger partial charge in [-0.05, 0) is 43.7 Å². The Morgan fingerprint density at radius 2 is 2.16 bits per heavy atom. The summed E-state index contributed by atoms with van der Waals surface area (Å²) in [5.41, 5.74) is -0.231. The number of nitro groups is 1. The second-order valence-electron chi connectivity index (χ2n) is 6.49.